The van der Waals surface area contributed by atoms with Crippen LogP contribution >= 0.6 is 11.8 Å². The number of nitrogens with zero attached hydrogens (tertiary/aromatic N) is 2. The lowest BCUT2D eigenvalue weighted by atomic mass is 10.3. The third-order valence-corrected chi connectivity index (χ3v) is 4.50. The highest BCUT2D eigenvalue weighted by Crippen LogP contribution is 2.33. The molecule has 3 rings (SSSR count). The Morgan fingerprint density at radius 1 is 1.14 bits per heavy atom. The van der Waals surface area contributed by atoms with E-state index in [1.807, 2.05) is 24.3 Å². The summed E-state index contributed by atoms with van der Waals surface area (Å²) >= 11 is 1.46. The largest absolute Gasteiger partial charge is 0.491 e. The smallest absolute Gasteiger partial charge is 0.411 e. The van der Waals surface area contributed by atoms with Crippen LogP contribution in [0.4, 0.5) is 13.2 Å². The molecule has 6 nitrogen and oxygen atoms in total. The molecule has 0 aliphatic heterocycles. The van der Waals surface area contributed by atoms with Crippen molar-refractivity contribution in [3.8, 4) is 11.5 Å². The van der Waals surface area contributed by atoms with E-state index in [4.69, 9.17) is 9.47 Å². The molecule has 0 spiro atoms. The van der Waals surface area contributed by atoms with Gasteiger partial charge >= 0.3 is 6.18 Å². The van der Waals surface area contributed by atoms with Crippen LogP contribution in [0.3, 0.4) is 0 Å². The molecule has 0 bridgehead atoms. The molecule has 0 atom stereocenters. The van der Waals surface area contributed by atoms with Gasteiger partial charge in [-0.25, -0.2) is 4.98 Å². The van der Waals surface area contributed by atoms with Crippen molar-refractivity contribution in [2.45, 2.75) is 17.1 Å². The fourth-order valence-electron chi connectivity index (χ4n) is 2.44. The van der Waals surface area contributed by atoms with Gasteiger partial charge in [0.15, 0.2) is 16.7 Å². The van der Waals surface area contributed by atoms with E-state index in [0.29, 0.717) is 22.9 Å². The molecule has 150 valence electrons. The Morgan fingerprint density at radius 3 is 2.71 bits per heavy atom. The van der Waals surface area contributed by atoms with Gasteiger partial charge in [-0.15, -0.1) is 0 Å². The van der Waals surface area contributed by atoms with E-state index in [-0.39, 0.29) is 13.2 Å². The number of thioether (sulfide) groups is 1. The Kier molecular flexibility index (Phi) is 6.63. The number of imidazole rings is 1. The number of pyridine rings is 1. The average Bonchev–Trinajstić information content (AvgIpc) is 3.08. The summed E-state index contributed by atoms with van der Waals surface area (Å²) in [5, 5.41) is 0.747. The number of hydrogen-bond donors (Lipinski definition) is 1. The summed E-state index contributed by atoms with van der Waals surface area (Å²) in [5.74, 6) is 1.31. The van der Waals surface area contributed by atoms with E-state index in [9.17, 15) is 13.2 Å². The number of hydrogen-bond acceptors (Lipinski definition) is 6. The number of fused-ring (bicyclic) bond motifs is 1. The van der Waals surface area contributed by atoms with Gasteiger partial charge in [0.25, 0.3) is 0 Å². The highest BCUT2D eigenvalue weighted by Gasteiger charge is 2.27. The van der Waals surface area contributed by atoms with Crippen LogP contribution in [0.2, 0.25) is 0 Å². The molecule has 0 unspecified atom stereocenters. The first-order chi connectivity index (χ1) is 13.5. The van der Waals surface area contributed by atoms with Gasteiger partial charge in [0.05, 0.1) is 30.4 Å². The molecule has 0 aliphatic carbocycles. The number of H-pyrrole nitrogens is 1. The van der Waals surface area contributed by atoms with Gasteiger partial charge in [0.1, 0.15) is 13.2 Å². The van der Waals surface area contributed by atoms with E-state index < -0.39 is 12.8 Å². The van der Waals surface area contributed by atoms with Crippen molar-refractivity contribution < 1.29 is 27.4 Å². The number of halogens is 3. The lowest BCUT2D eigenvalue weighted by Gasteiger charge is -2.13. The van der Waals surface area contributed by atoms with Gasteiger partial charge in [0, 0.05) is 18.0 Å². The molecule has 0 saturated heterocycles. The molecular formula is C18H18F3N3O3S. The Balaban J connectivity index is 1.59. The van der Waals surface area contributed by atoms with Crippen LogP contribution in [-0.4, -0.2) is 48.1 Å². The first-order valence-corrected chi connectivity index (χ1v) is 9.31. The van der Waals surface area contributed by atoms with E-state index in [0.717, 1.165) is 16.2 Å². The maximum absolute atomic E-state index is 12.1. The molecule has 28 heavy (non-hydrogen) atoms. The van der Waals surface area contributed by atoms with E-state index in [1.165, 1.54) is 18.9 Å². The minimum absolute atomic E-state index is 0.0351. The fraction of sp³-hybridized carbons (Fsp3) is 0.333. The second kappa shape index (κ2) is 9.16. The number of aromatic amines is 1. The highest BCUT2D eigenvalue weighted by atomic mass is 32.2. The Bertz CT molecular complexity index is 885. The summed E-state index contributed by atoms with van der Waals surface area (Å²) in [5.41, 5.74) is 2.46. The zero-order chi connectivity index (χ0) is 20.0. The lowest BCUT2D eigenvalue weighted by molar-refractivity contribution is -0.175. The van der Waals surface area contributed by atoms with Crippen molar-refractivity contribution in [2.75, 3.05) is 26.9 Å². The van der Waals surface area contributed by atoms with Crippen molar-refractivity contribution in [3.63, 3.8) is 0 Å². The summed E-state index contributed by atoms with van der Waals surface area (Å²) in [6.45, 7) is -1.52. The summed E-state index contributed by atoms with van der Waals surface area (Å²) in [6.07, 6.45) is -2.79. The lowest BCUT2D eigenvalue weighted by Crippen LogP contribution is -2.19. The van der Waals surface area contributed by atoms with Crippen molar-refractivity contribution in [1.82, 2.24) is 15.0 Å². The Labute approximate surface area is 163 Å². The molecule has 0 saturated carbocycles. The van der Waals surface area contributed by atoms with Gasteiger partial charge in [-0.05, 0) is 12.1 Å². The summed E-state index contributed by atoms with van der Waals surface area (Å²) in [6, 6.07) is 9.31. The first-order valence-electron chi connectivity index (χ1n) is 8.33. The van der Waals surface area contributed by atoms with E-state index >= 15 is 0 Å². The monoisotopic (exact) mass is 413 g/mol. The van der Waals surface area contributed by atoms with E-state index in [2.05, 4.69) is 19.7 Å². The standard InChI is InChI=1S/C18H18F3N3O3S/c1-25-16-14(10-28-17-23-12-4-2-3-5-13(12)24-17)22-7-6-15(16)27-9-8-26-11-18(19,20)21/h2-7H,8-11H2,1H3,(H,23,24). The predicted octanol–water partition coefficient (Wildman–Crippen LogP) is 4.22. The molecule has 1 N–H and O–H groups in total. The van der Waals surface area contributed by atoms with Crippen LogP contribution in [0.1, 0.15) is 5.69 Å². The first kappa shape index (κ1) is 20.3. The molecule has 0 fully saturated rings. The number of aromatic nitrogens is 3. The van der Waals surface area contributed by atoms with Gasteiger partial charge in [-0.1, -0.05) is 23.9 Å². The zero-order valence-electron chi connectivity index (χ0n) is 15.0. The molecule has 0 radical (unpaired) electrons. The Hall–Kier alpha value is -2.46. The highest BCUT2D eigenvalue weighted by molar-refractivity contribution is 7.98. The Morgan fingerprint density at radius 2 is 1.96 bits per heavy atom. The van der Waals surface area contributed by atoms with Crippen LogP contribution in [-0.2, 0) is 10.5 Å². The number of rotatable bonds is 9. The minimum Gasteiger partial charge on any atom is -0.491 e. The predicted molar refractivity (Wildman–Crippen MR) is 98.8 cm³/mol. The van der Waals surface area contributed by atoms with Crippen LogP contribution < -0.4 is 9.47 Å². The molecule has 1 aromatic carbocycles. The number of nitrogens with one attached hydrogen (secondary N) is 1. The van der Waals surface area contributed by atoms with E-state index in [1.54, 1.807) is 12.3 Å². The van der Waals surface area contributed by atoms with Crippen LogP contribution in [0.15, 0.2) is 41.7 Å². The summed E-state index contributed by atoms with van der Waals surface area (Å²) < 4.78 is 51.6. The molecule has 10 heteroatoms. The van der Waals surface area contributed by atoms with Crippen molar-refractivity contribution in [3.05, 3.63) is 42.2 Å². The van der Waals surface area contributed by atoms with Crippen molar-refractivity contribution in [2.24, 2.45) is 0 Å². The fourth-order valence-corrected chi connectivity index (χ4v) is 3.26. The quantitative estimate of drug-likeness (QED) is 0.419. The maximum atomic E-state index is 12.1. The topological polar surface area (TPSA) is 69.3 Å². The molecule has 3 aromatic rings. The molecular weight excluding hydrogens is 395 g/mol. The third-order valence-electron chi connectivity index (χ3n) is 3.61. The number of benzene rings is 1. The third kappa shape index (κ3) is 5.52. The molecule has 2 heterocycles. The second-order valence-corrected chi connectivity index (χ2v) is 6.62. The zero-order valence-corrected chi connectivity index (χ0v) is 15.8. The van der Waals surface area contributed by atoms with Crippen LogP contribution in [0, 0.1) is 0 Å². The number of ether oxygens (including phenoxy) is 3. The number of methoxy groups -OCH3 is 1. The van der Waals surface area contributed by atoms with Crippen molar-refractivity contribution in [1.29, 1.82) is 0 Å². The number of alkyl halides is 3. The maximum Gasteiger partial charge on any atom is 0.411 e. The number of para-hydroxylation sites is 2. The average molecular weight is 413 g/mol. The molecule has 0 aliphatic rings. The van der Waals surface area contributed by atoms with Crippen molar-refractivity contribution >= 4 is 22.8 Å². The second-order valence-electron chi connectivity index (χ2n) is 5.65. The molecule has 0 amide bonds. The van der Waals surface area contributed by atoms with Gasteiger partial charge in [-0.3, -0.25) is 4.98 Å². The van der Waals surface area contributed by atoms with Crippen LogP contribution in [0.25, 0.3) is 11.0 Å². The van der Waals surface area contributed by atoms with Crippen LogP contribution in [0.5, 0.6) is 11.5 Å². The normalized spacial score (nSPS) is 11.7. The van der Waals surface area contributed by atoms with Gasteiger partial charge in [-0.2, -0.15) is 13.2 Å². The van der Waals surface area contributed by atoms with Gasteiger partial charge in [0.2, 0.25) is 0 Å². The van der Waals surface area contributed by atoms with Gasteiger partial charge < -0.3 is 19.2 Å². The summed E-state index contributed by atoms with van der Waals surface area (Å²) in [7, 11) is 1.49. The molecule has 2 aromatic heterocycles. The summed E-state index contributed by atoms with van der Waals surface area (Å²) in [4.78, 5) is 12.0. The SMILES string of the molecule is COc1c(OCCOCC(F)(F)F)ccnc1CSc1nc2ccccc2[nH]1. The minimum atomic E-state index is -4.35.